The lowest BCUT2D eigenvalue weighted by atomic mass is 9.82. The van der Waals surface area contributed by atoms with E-state index in [4.69, 9.17) is 47.4 Å². The topological polar surface area (TPSA) is 201 Å². The van der Waals surface area contributed by atoms with Crippen molar-refractivity contribution in [2.24, 2.45) is 0 Å². The second-order valence-electron chi connectivity index (χ2n) is 27.7. The van der Waals surface area contributed by atoms with Crippen molar-refractivity contribution >= 4 is 90.0 Å². The molecule has 2 heterocycles. The van der Waals surface area contributed by atoms with E-state index < -0.39 is 35.6 Å². The van der Waals surface area contributed by atoms with Gasteiger partial charge < -0.3 is 47.4 Å². The molecule has 0 bridgehead atoms. The zero-order chi connectivity index (χ0) is 74.5. The predicted octanol–water partition coefficient (Wildman–Crippen LogP) is 18.9. The molecule has 0 aliphatic carbocycles. The first-order chi connectivity index (χ1) is 52.1. The molecule has 572 valence electrons. The van der Waals surface area contributed by atoms with Crippen LogP contribution >= 0.6 is 0 Å². The van der Waals surface area contributed by atoms with Crippen LogP contribution in [0.4, 0.5) is 11.4 Å². The first kappa shape index (κ1) is 82.0. The van der Waals surface area contributed by atoms with Gasteiger partial charge in [0.25, 0.3) is 23.6 Å². The first-order valence-electron chi connectivity index (χ1n) is 39.6. The third kappa shape index (κ3) is 23.5. The maximum atomic E-state index is 15.3. The number of ether oxygens (including phenoxy) is 10. The molecule has 0 unspecified atom stereocenters. The molecule has 7 aromatic carbocycles. The van der Waals surface area contributed by atoms with Gasteiger partial charge in [0.1, 0.15) is 37.9 Å². The Morgan fingerprint density at radius 3 is 0.840 bits per heavy atom. The standard InChI is InChI=1S/C88H114N2O16/c1-5-9-11-13-15-17-19-21-23-25-27-29-31-33-65-63-67(103-59-55-99-51-47-97-49-53-101-57-61-105-79(91)7-3)35-45-77(65)89-85(93)73-41-37-69-71-39-43-75-84-76(44-40-72(82(71)84)70-38-42-74(86(89)94)83(73)81(69)70)88(96)90(87(75)95)78-46-36-68(104-60-56-100-52-48-98-50-54-102-58-62-106-80(92)8-4)64-66(78)34-32-30-28-26-24-22-20-18-16-14-12-10-6-2/h7-8,35-46,63-64H,3-6,9-34,47-62H2,1-2H3. The van der Waals surface area contributed by atoms with Crippen LogP contribution in [0.3, 0.4) is 0 Å². The monoisotopic (exact) mass is 1450 g/mol. The van der Waals surface area contributed by atoms with Gasteiger partial charge in [-0.05, 0) is 130 Å². The number of carbonyl (C=O) groups excluding carboxylic acids is 6. The summed E-state index contributed by atoms with van der Waals surface area (Å²) in [5.41, 5.74) is 4.43. The summed E-state index contributed by atoms with van der Waals surface area (Å²) in [6.07, 6.45) is 35.2. The minimum absolute atomic E-state index is 0.147. The van der Waals surface area contributed by atoms with E-state index in [9.17, 15) is 9.59 Å². The third-order valence-corrected chi connectivity index (χ3v) is 20.1. The summed E-state index contributed by atoms with van der Waals surface area (Å²) < 4.78 is 56.0. The van der Waals surface area contributed by atoms with Gasteiger partial charge in [0.15, 0.2) is 0 Å². The number of amides is 4. The normalized spacial score (nSPS) is 12.8. The summed E-state index contributed by atoms with van der Waals surface area (Å²) in [6, 6.07) is 26.3. The Balaban J connectivity index is 0.881. The summed E-state index contributed by atoms with van der Waals surface area (Å²) in [6.45, 7) is 16.2. The number of carbonyl (C=O) groups is 6. The SMILES string of the molecule is C=CC(=O)OCCOCCOCCOCCOc1ccc(N2C(=O)c3ccc4c5ccc6c7c(ccc(c8ccc(c3c48)C2=O)c75)C(=O)N(c2ccc(OCCOCCOCCOCCOC(=O)C=C)cc2CCCCCCCCCCCCCCC)C6=O)c(CCCCCCCCCCCCCCC)c1. The second kappa shape index (κ2) is 45.5. The number of benzene rings is 7. The number of aryl methyl sites for hydroxylation is 2. The summed E-state index contributed by atoms with van der Waals surface area (Å²) in [5.74, 6) is -1.39. The van der Waals surface area contributed by atoms with Crippen molar-refractivity contribution < 1.29 is 76.1 Å². The maximum Gasteiger partial charge on any atom is 0.330 e. The number of hydrogen-bond acceptors (Lipinski definition) is 16. The molecule has 106 heavy (non-hydrogen) atoms. The van der Waals surface area contributed by atoms with Crippen LogP contribution in [0.1, 0.15) is 233 Å². The lowest BCUT2D eigenvalue weighted by Gasteiger charge is -2.31. The molecule has 0 spiro atoms. The molecule has 18 nitrogen and oxygen atoms in total. The number of fused-ring (bicyclic) bond motifs is 2. The fourth-order valence-corrected chi connectivity index (χ4v) is 14.6. The van der Waals surface area contributed by atoms with E-state index in [-0.39, 0.29) is 39.6 Å². The van der Waals surface area contributed by atoms with Gasteiger partial charge in [0.2, 0.25) is 0 Å². The molecular formula is C88H114N2O16. The van der Waals surface area contributed by atoms with E-state index in [2.05, 4.69) is 27.0 Å². The van der Waals surface area contributed by atoms with E-state index in [1.54, 1.807) is 0 Å². The molecule has 0 saturated heterocycles. The molecule has 0 atom stereocenters. The van der Waals surface area contributed by atoms with E-state index in [1.807, 2.05) is 84.9 Å². The third-order valence-electron chi connectivity index (χ3n) is 20.1. The molecule has 0 fully saturated rings. The Labute approximate surface area is 627 Å². The van der Waals surface area contributed by atoms with E-state index in [0.717, 1.165) is 94.1 Å². The summed E-state index contributed by atoms with van der Waals surface area (Å²) >= 11 is 0. The van der Waals surface area contributed by atoms with E-state index in [1.165, 1.54) is 138 Å². The van der Waals surface area contributed by atoms with Crippen molar-refractivity contribution in [2.45, 2.75) is 194 Å². The van der Waals surface area contributed by atoms with Crippen molar-refractivity contribution in [1.82, 2.24) is 0 Å². The highest BCUT2D eigenvalue weighted by molar-refractivity contribution is 6.45. The molecule has 2 aliphatic heterocycles. The van der Waals surface area contributed by atoms with Crippen LogP contribution in [0.15, 0.2) is 110 Å². The number of nitrogens with zero attached hydrogens (tertiary/aromatic N) is 2. The largest absolute Gasteiger partial charge is 0.491 e. The molecular weight excluding hydrogens is 1340 g/mol. The number of esters is 2. The Hall–Kier alpha value is -8.10. The number of hydrogen-bond donors (Lipinski definition) is 0. The average Bonchev–Trinajstić information content (AvgIpc) is 0.690. The number of unbranched alkanes of at least 4 members (excludes halogenated alkanes) is 24. The minimum atomic E-state index is -0.489. The van der Waals surface area contributed by atoms with Gasteiger partial charge in [-0.2, -0.15) is 0 Å². The molecule has 0 aromatic heterocycles. The minimum Gasteiger partial charge on any atom is -0.491 e. The van der Waals surface area contributed by atoms with Crippen LogP contribution in [0.5, 0.6) is 11.5 Å². The summed E-state index contributed by atoms with van der Waals surface area (Å²) in [7, 11) is 0. The Morgan fingerprint density at radius 2 is 0.566 bits per heavy atom. The lowest BCUT2D eigenvalue weighted by Crippen LogP contribution is -2.41. The van der Waals surface area contributed by atoms with Gasteiger partial charge in [-0.25, -0.2) is 19.4 Å². The Bertz CT molecular complexity index is 3600. The zero-order valence-corrected chi connectivity index (χ0v) is 63.2. The highest BCUT2D eigenvalue weighted by Crippen LogP contribution is 2.48. The first-order valence-corrected chi connectivity index (χ1v) is 39.6. The van der Waals surface area contributed by atoms with Crippen molar-refractivity contribution in [1.29, 1.82) is 0 Å². The van der Waals surface area contributed by atoms with Gasteiger partial charge >= 0.3 is 11.9 Å². The maximum absolute atomic E-state index is 15.3. The molecule has 2 aliphatic rings. The zero-order valence-electron chi connectivity index (χ0n) is 63.2. The van der Waals surface area contributed by atoms with E-state index >= 15 is 19.2 Å². The van der Waals surface area contributed by atoms with Crippen LogP contribution in [0, 0.1) is 0 Å². The quantitative estimate of drug-likeness (QED) is 0.00869. The number of rotatable bonds is 58. The fraction of sp³-hybridized carbons (Fsp3) is 0.523. The van der Waals surface area contributed by atoms with Gasteiger partial charge in [-0.3, -0.25) is 19.2 Å². The highest BCUT2D eigenvalue weighted by Gasteiger charge is 2.39. The van der Waals surface area contributed by atoms with Crippen molar-refractivity contribution in [2.75, 3.05) is 116 Å². The van der Waals surface area contributed by atoms with Crippen LogP contribution < -0.4 is 19.3 Å². The van der Waals surface area contributed by atoms with Crippen LogP contribution in [-0.4, -0.2) is 141 Å². The van der Waals surface area contributed by atoms with Crippen molar-refractivity contribution in [3.63, 3.8) is 0 Å². The molecule has 0 N–H and O–H groups in total. The Kier molecular flexibility index (Phi) is 35.2. The van der Waals surface area contributed by atoms with E-state index in [0.29, 0.717) is 135 Å². The van der Waals surface area contributed by atoms with Gasteiger partial charge in [0, 0.05) is 45.2 Å². The smallest absolute Gasteiger partial charge is 0.330 e. The summed E-state index contributed by atoms with van der Waals surface area (Å²) in [5, 5.41) is 5.99. The second-order valence-corrected chi connectivity index (χ2v) is 27.7. The lowest BCUT2D eigenvalue weighted by molar-refractivity contribution is -0.140. The van der Waals surface area contributed by atoms with Gasteiger partial charge in [-0.1, -0.05) is 205 Å². The molecule has 18 heteroatoms. The predicted molar refractivity (Wildman–Crippen MR) is 420 cm³/mol. The summed E-state index contributed by atoms with van der Waals surface area (Å²) in [4.78, 5) is 86.2. The fourth-order valence-electron chi connectivity index (χ4n) is 14.6. The van der Waals surface area contributed by atoms with Crippen molar-refractivity contribution in [3.8, 4) is 11.5 Å². The molecule has 0 radical (unpaired) electrons. The van der Waals surface area contributed by atoms with Gasteiger partial charge in [0.05, 0.1) is 90.7 Å². The molecule has 9 rings (SSSR count). The average molecular weight is 1460 g/mol. The molecule has 0 saturated carbocycles. The highest BCUT2D eigenvalue weighted by atomic mass is 16.6. The Morgan fingerprint density at radius 1 is 0.311 bits per heavy atom. The van der Waals surface area contributed by atoms with Gasteiger partial charge in [-0.15, -0.1) is 0 Å². The van der Waals surface area contributed by atoms with Crippen LogP contribution in [0.2, 0.25) is 0 Å². The van der Waals surface area contributed by atoms with Crippen LogP contribution in [-0.2, 0) is 60.3 Å². The number of anilines is 2. The molecule has 4 amide bonds. The molecule has 7 aromatic rings. The van der Waals surface area contributed by atoms with Crippen molar-refractivity contribution in [3.05, 3.63) is 144 Å². The number of imide groups is 2. The van der Waals surface area contributed by atoms with Crippen LogP contribution in [0.25, 0.3) is 43.1 Å².